The second kappa shape index (κ2) is 7.43. The largest absolute Gasteiger partial charge is 0.497 e. The lowest BCUT2D eigenvalue weighted by atomic mass is 9.94. The number of nitrogens with zero attached hydrogens (tertiary/aromatic N) is 1. The Morgan fingerprint density at radius 1 is 1.11 bits per heavy atom. The molecule has 2 aromatic carbocycles. The summed E-state index contributed by atoms with van der Waals surface area (Å²) >= 11 is 0. The van der Waals surface area contributed by atoms with Crippen molar-refractivity contribution in [2.75, 3.05) is 23.9 Å². The minimum absolute atomic E-state index is 0.0688. The van der Waals surface area contributed by atoms with Gasteiger partial charge in [-0.3, -0.25) is 9.59 Å². The maximum atomic E-state index is 12.6. The summed E-state index contributed by atoms with van der Waals surface area (Å²) in [5.41, 5.74) is 3.32. The molecule has 1 aliphatic rings. The summed E-state index contributed by atoms with van der Waals surface area (Å²) < 4.78 is 5.13. The van der Waals surface area contributed by atoms with Crippen LogP contribution in [0.5, 0.6) is 5.75 Å². The Hall–Kier alpha value is -2.82. The molecule has 142 valence electrons. The Morgan fingerprint density at radius 3 is 2.44 bits per heavy atom. The van der Waals surface area contributed by atoms with Crippen LogP contribution in [0.2, 0.25) is 0 Å². The number of ether oxygens (including phenoxy) is 1. The number of methoxy groups -OCH3 is 1. The van der Waals surface area contributed by atoms with Crippen LogP contribution in [0.15, 0.2) is 42.5 Å². The van der Waals surface area contributed by atoms with E-state index in [1.807, 2.05) is 68.1 Å². The molecule has 5 heteroatoms. The smallest absolute Gasteiger partial charge is 0.232 e. The Bertz CT molecular complexity index is 851. The Kier molecular flexibility index (Phi) is 5.22. The molecule has 0 aromatic heterocycles. The number of carbonyl (C=O) groups excluding carboxylic acids is 2. The molecule has 0 fully saturated rings. The van der Waals surface area contributed by atoms with E-state index < -0.39 is 5.41 Å². The first-order valence-electron chi connectivity index (χ1n) is 9.15. The van der Waals surface area contributed by atoms with E-state index in [1.165, 1.54) is 0 Å². The fourth-order valence-electron chi connectivity index (χ4n) is 3.23. The zero-order valence-electron chi connectivity index (χ0n) is 16.3. The van der Waals surface area contributed by atoms with Gasteiger partial charge in [0.15, 0.2) is 0 Å². The fourth-order valence-corrected chi connectivity index (χ4v) is 3.23. The van der Waals surface area contributed by atoms with Crippen LogP contribution in [0.25, 0.3) is 0 Å². The summed E-state index contributed by atoms with van der Waals surface area (Å²) in [5, 5.41) is 2.95. The van der Waals surface area contributed by atoms with E-state index in [0.29, 0.717) is 13.0 Å². The Balaban J connectivity index is 1.67. The van der Waals surface area contributed by atoms with Gasteiger partial charge in [0.1, 0.15) is 5.75 Å². The number of anilines is 2. The molecule has 5 nitrogen and oxygen atoms in total. The van der Waals surface area contributed by atoms with Crippen LogP contribution in [-0.4, -0.2) is 25.5 Å². The summed E-state index contributed by atoms with van der Waals surface area (Å²) in [7, 11) is 1.62. The second-order valence-electron chi connectivity index (χ2n) is 7.87. The Labute approximate surface area is 160 Å². The summed E-state index contributed by atoms with van der Waals surface area (Å²) in [6.07, 6.45) is 1.11. The van der Waals surface area contributed by atoms with Gasteiger partial charge in [0.25, 0.3) is 0 Å². The second-order valence-corrected chi connectivity index (χ2v) is 7.87. The minimum atomic E-state index is -0.410. The van der Waals surface area contributed by atoms with E-state index in [0.717, 1.165) is 34.7 Å². The van der Waals surface area contributed by atoms with Crippen molar-refractivity contribution >= 4 is 23.2 Å². The van der Waals surface area contributed by atoms with Crippen LogP contribution in [0.1, 0.15) is 31.9 Å². The third kappa shape index (κ3) is 4.30. The average molecular weight is 366 g/mol. The first-order chi connectivity index (χ1) is 12.8. The molecule has 2 amide bonds. The highest BCUT2D eigenvalue weighted by Crippen LogP contribution is 2.33. The molecule has 0 radical (unpaired) electrons. The predicted octanol–water partition coefficient (Wildman–Crippen LogP) is 3.81. The highest BCUT2D eigenvalue weighted by atomic mass is 16.5. The van der Waals surface area contributed by atoms with Crippen molar-refractivity contribution in [3.8, 4) is 5.75 Å². The number of nitrogens with one attached hydrogen (secondary N) is 1. The molecule has 0 spiro atoms. The number of carbonyl (C=O) groups is 2. The molecule has 0 saturated heterocycles. The van der Waals surface area contributed by atoms with Crippen molar-refractivity contribution in [3.05, 3.63) is 53.6 Å². The third-order valence-corrected chi connectivity index (χ3v) is 4.67. The van der Waals surface area contributed by atoms with Crippen molar-refractivity contribution in [3.63, 3.8) is 0 Å². The SMILES string of the molecule is COc1ccc(CC(=O)Nc2ccc3c(c2)CCN3C(=O)C(C)(C)C)cc1. The molecule has 0 saturated carbocycles. The van der Waals surface area contributed by atoms with E-state index >= 15 is 0 Å². The standard InChI is InChI=1S/C22H26N2O3/c1-22(2,3)21(26)24-12-11-16-14-17(7-10-19(16)24)23-20(25)13-15-5-8-18(27-4)9-6-15/h5-10,14H,11-13H2,1-4H3,(H,23,25). The minimum Gasteiger partial charge on any atom is -0.497 e. The van der Waals surface area contributed by atoms with Gasteiger partial charge >= 0.3 is 0 Å². The Morgan fingerprint density at radius 2 is 1.81 bits per heavy atom. The van der Waals surface area contributed by atoms with Gasteiger partial charge in [0.05, 0.1) is 13.5 Å². The van der Waals surface area contributed by atoms with E-state index in [-0.39, 0.29) is 11.8 Å². The van der Waals surface area contributed by atoms with Crippen LogP contribution in [0.4, 0.5) is 11.4 Å². The predicted molar refractivity (Wildman–Crippen MR) is 107 cm³/mol. The lowest BCUT2D eigenvalue weighted by Crippen LogP contribution is -2.38. The molecule has 27 heavy (non-hydrogen) atoms. The van der Waals surface area contributed by atoms with Crippen LogP contribution in [0, 0.1) is 5.41 Å². The van der Waals surface area contributed by atoms with Crippen LogP contribution >= 0.6 is 0 Å². The molecular weight excluding hydrogens is 340 g/mol. The molecule has 0 atom stereocenters. The van der Waals surface area contributed by atoms with Crippen molar-refractivity contribution < 1.29 is 14.3 Å². The summed E-state index contributed by atoms with van der Waals surface area (Å²) in [6.45, 7) is 6.48. The first-order valence-corrected chi connectivity index (χ1v) is 9.15. The topological polar surface area (TPSA) is 58.6 Å². The number of hydrogen-bond donors (Lipinski definition) is 1. The van der Waals surface area contributed by atoms with Gasteiger partial charge in [-0.15, -0.1) is 0 Å². The summed E-state index contributed by atoms with van der Waals surface area (Å²) in [5.74, 6) is 0.824. The van der Waals surface area contributed by atoms with Gasteiger partial charge in [-0.05, 0) is 47.9 Å². The van der Waals surface area contributed by atoms with E-state index in [4.69, 9.17) is 4.74 Å². The average Bonchev–Trinajstić information content (AvgIpc) is 3.03. The number of fused-ring (bicyclic) bond motifs is 1. The van der Waals surface area contributed by atoms with Crippen molar-refractivity contribution in [2.24, 2.45) is 5.41 Å². The van der Waals surface area contributed by atoms with Gasteiger partial charge in [0.2, 0.25) is 11.8 Å². The van der Waals surface area contributed by atoms with Crippen molar-refractivity contribution in [1.82, 2.24) is 0 Å². The fraction of sp³-hybridized carbons (Fsp3) is 0.364. The molecule has 0 bridgehead atoms. The monoisotopic (exact) mass is 366 g/mol. The molecule has 0 aliphatic carbocycles. The van der Waals surface area contributed by atoms with Gasteiger partial charge in [0, 0.05) is 23.3 Å². The van der Waals surface area contributed by atoms with E-state index in [1.54, 1.807) is 7.11 Å². The van der Waals surface area contributed by atoms with E-state index in [2.05, 4.69) is 5.32 Å². The van der Waals surface area contributed by atoms with Gasteiger partial charge in [-0.2, -0.15) is 0 Å². The van der Waals surface area contributed by atoms with Crippen molar-refractivity contribution in [1.29, 1.82) is 0 Å². The number of hydrogen-bond acceptors (Lipinski definition) is 3. The molecule has 0 unspecified atom stereocenters. The lowest BCUT2D eigenvalue weighted by Gasteiger charge is -2.26. The van der Waals surface area contributed by atoms with Crippen LogP contribution in [-0.2, 0) is 22.4 Å². The molecule has 1 heterocycles. The zero-order chi connectivity index (χ0) is 19.6. The number of amides is 2. The summed E-state index contributed by atoms with van der Waals surface area (Å²) in [4.78, 5) is 26.8. The summed E-state index contributed by atoms with van der Waals surface area (Å²) in [6, 6.07) is 13.2. The maximum absolute atomic E-state index is 12.6. The number of benzene rings is 2. The first kappa shape index (κ1) is 19.0. The van der Waals surface area contributed by atoms with E-state index in [9.17, 15) is 9.59 Å². The highest BCUT2D eigenvalue weighted by molar-refractivity contribution is 5.99. The highest BCUT2D eigenvalue weighted by Gasteiger charge is 2.32. The normalized spacial score (nSPS) is 13.3. The zero-order valence-corrected chi connectivity index (χ0v) is 16.3. The lowest BCUT2D eigenvalue weighted by molar-refractivity contribution is -0.125. The molecule has 1 N–H and O–H groups in total. The number of rotatable bonds is 4. The van der Waals surface area contributed by atoms with Gasteiger partial charge < -0.3 is 15.0 Å². The molecule has 2 aromatic rings. The van der Waals surface area contributed by atoms with Crippen molar-refractivity contribution in [2.45, 2.75) is 33.6 Å². The third-order valence-electron chi connectivity index (χ3n) is 4.67. The van der Waals surface area contributed by atoms with Crippen LogP contribution < -0.4 is 15.0 Å². The quantitative estimate of drug-likeness (QED) is 0.895. The molecule has 1 aliphatic heterocycles. The van der Waals surface area contributed by atoms with Gasteiger partial charge in [-0.25, -0.2) is 0 Å². The maximum Gasteiger partial charge on any atom is 0.232 e. The molecular formula is C22H26N2O3. The van der Waals surface area contributed by atoms with Crippen LogP contribution in [0.3, 0.4) is 0 Å². The molecule has 3 rings (SSSR count). The van der Waals surface area contributed by atoms with Gasteiger partial charge in [-0.1, -0.05) is 32.9 Å².